The van der Waals surface area contributed by atoms with Crippen LogP contribution >= 0.6 is 0 Å². The van der Waals surface area contributed by atoms with E-state index in [9.17, 15) is 4.79 Å². The van der Waals surface area contributed by atoms with Gasteiger partial charge in [0, 0.05) is 12.4 Å². The van der Waals surface area contributed by atoms with Crippen molar-refractivity contribution in [3.63, 3.8) is 0 Å². The summed E-state index contributed by atoms with van der Waals surface area (Å²) in [7, 11) is 0. The van der Waals surface area contributed by atoms with E-state index in [0.29, 0.717) is 5.69 Å². The van der Waals surface area contributed by atoms with Gasteiger partial charge < -0.3 is 5.73 Å². The Kier molecular flexibility index (Phi) is 11.1. The lowest BCUT2D eigenvalue weighted by Gasteiger charge is -2.05. The molecular weight excluding hydrogens is 286 g/mol. The molecule has 0 aromatic carbocycles. The van der Waals surface area contributed by atoms with Gasteiger partial charge in [-0.3, -0.25) is 9.78 Å². The molecule has 0 aliphatic heterocycles. The number of hydrogen-bond donors (Lipinski definition) is 1. The number of primary amides is 1. The minimum atomic E-state index is -0.480. The van der Waals surface area contributed by atoms with Gasteiger partial charge in [0.2, 0.25) is 0 Å². The predicted octanol–water partition coefficient (Wildman–Crippen LogP) is 4.82. The Morgan fingerprint density at radius 2 is 1.30 bits per heavy atom. The van der Waals surface area contributed by atoms with Crippen LogP contribution in [0.5, 0.6) is 0 Å². The van der Waals surface area contributed by atoms with Crippen molar-refractivity contribution in [1.29, 1.82) is 0 Å². The first-order valence-electron chi connectivity index (χ1n) is 9.35. The molecule has 1 aromatic heterocycles. The number of carbonyl (C=O) groups excluding carboxylic acids is 1. The van der Waals surface area contributed by atoms with E-state index in [1.54, 1.807) is 6.20 Å². The second kappa shape index (κ2) is 13.0. The summed E-state index contributed by atoms with van der Waals surface area (Å²) in [6.07, 6.45) is 19.8. The molecule has 0 saturated carbocycles. The fourth-order valence-electron chi connectivity index (χ4n) is 2.89. The van der Waals surface area contributed by atoms with Crippen LogP contribution in [0.25, 0.3) is 0 Å². The zero-order chi connectivity index (χ0) is 16.8. The summed E-state index contributed by atoms with van der Waals surface area (Å²) >= 11 is 0. The lowest BCUT2D eigenvalue weighted by Crippen LogP contribution is -2.16. The van der Waals surface area contributed by atoms with Crippen molar-refractivity contribution < 1.29 is 4.79 Å². The lowest BCUT2D eigenvalue weighted by molar-refractivity contribution is 0.0994. The number of carbonyl (C=O) groups is 1. The van der Waals surface area contributed by atoms with Crippen molar-refractivity contribution in [2.45, 2.75) is 90.4 Å². The molecule has 1 heterocycles. The van der Waals surface area contributed by atoms with Crippen LogP contribution in [-0.2, 0) is 6.42 Å². The van der Waals surface area contributed by atoms with Crippen molar-refractivity contribution in [2.24, 2.45) is 5.73 Å². The third kappa shape index (κ3) is 9.32. The smallest absolute Gasteiger partial charge is 0.269 e. The number of nitrogens with zero attached hydrogens (tertiary/aromatic N) is 2. The SMILES string of the molecule is CCCCCCCCCCCCCCc1nccnc1C(N)=O. The molecule has 23 heavy (non-hydrogen) atoms. The van der Waals surface area contributed by atoms with E-state index in [0.717, 1.165) is 18.5 Å². The number of aryl methyl sites for hydroxylation is 1. The van der Waals surface area contributed by atoms with E-state index in [-0.39, 0.29) is 0 Å². The molecule has 0 bridgehead atoms. The Bertz CT molecular complexity index is 434. The van der Waals surface area contributed by atoms with E-state index in [1.165, 1.54) is 76.8 Å². The van der Waals surface area contributed by atoms with E-state index in [4.69, 9.17) is 5.73 Å². The van der Waals surface area contributed by atoms with Crippen molar-refractivity contribution in [3.8, 4) is 0 Å². The molecule has 0 aliphatic carbocycles. The van der Waals surface area contributed by atoms with Gasteiger partial charge in [-0.1, -0.05) is 77.6 Å². The second-order valence-corrected chi connectivity index (χ2v) is 6.35. The Morgan fingerprint density at radius 3 is 1.83 bits per heavy atom. The second-order valence-electron chi connectivity index (χ2n) is 6.35. The maximum atomic E-state index is 11.3. The summed E-state index contributed by atoms with van der Waals surface area (Å²) in [5.74, 6) is -0.480. The number of amides is 1. The van der Waals surface area contributed by atoms with Crippen LogP contribution < -0.4 is 5.73 Å². The molecule has 4 nitrogen and oxygen atoms in total. The minimum absolute atomic E-state index is 0.329. The van der Waals surface area contributed by atoms with Crippen molar-refractivity contribution in [2.75, 3.05) is 0 Å². The number of rotatable bonds is 14. The van der Waals surface area contributed by atoms with Gasteiger partial charge >= 0.3 is 0 Å². The summed E-state index contributed by atoms with van der Waals surface area (Å²) < 4.78 is 0. The first-order valence-corrected chi connectivity index (χ1v) is 9.35. The zero-order valence-electron chi connectivity index (χ0n) is 14.7. The van der Waals surface area contributed by atoms with E-state index >= 15 is 0 Å². The predicted molar refractivity (Wildman–Crippen MR) is 95.3 cm³/mol. The molecule has 2 N–H and O–H groups in total. The van der Waals surface area contributed by atoms with Crippen molar-refractivity contribution >= 4 is 5.91 Å². The highest BCUT2D eigenvalue weighted by Gasteiger charge is 2.09. The molecule has 0 atom stereocenters. The molecule has 0 aliphatic rings. The van der Waals surface area contributed by atoms with Crippen molar-refractivity contribution in [1.82, 2.24) is 9.97 Å². The van der Waals surface area contributed by atoms with E-state index in [1.807, 2.05) is 0 Å². The molecule has 0 fully saturated rings. The number of hydrogen-bond acceptors (Lipinski definition) is 3. The van der Waals surface area contributed by atoms with Gasteiger partial charge in [-0.15, -0.1) is 0 Å². The van der Waals surface area contributed by atoms with Crippen LogP contribution in [0.1, 0.15) is 100 Å². The quantitative estimate of drug-likeness (QED) is 0.500. The van der Waals surface area contributed by atoms with Gasteiger partial charge in [0.25, 0.3) is 5.91 Å². The van der Waals surface area contributed by atoms with Gasteiger partial charge in [0.1, 0.15) is 5.69 Å². The molecule has 0 unspecified atom stereocenters. The first-order chi connectivity index (χ1) is 11.3. The highest BCUT2D eigenvalue weighted by Crippen LogP contribution is 2.13. The number of nitrogens with two attached hydrogens (primary N) is 1. The van der Waals surface area contributed by atoms with Crippen LogP contribution in [-0.4, -0.2) is 15.9 Å². The Labute approximate surface area is 141 Å². The summed E-state index contributed by atoms with van der Waals surface area (Å²) in [6, 6.07) is 0. The molecule has 1 rings (SSSR count). The summed E-state index contributed by atoms with van der Waals surface area (Å²) in [5, 5.41) is 0. The van der Waals surface area contributed by atoms with Crippen LogP contribution in [0.15, 0.2) is 12.4 Å². The Balaban J connectivity index is 1.97. The molecule has 1 amide bonds. The molecular formula is C19H33N3O. The maximum Gasteiger partial charge on any atom is 0.269 e. The van der Waals surface area contributed by atoms with Gasteiger partial charge in [0.15, 0.2) is 0 Å². The van der Waals surface area contributed by atoms with Crippen LogP contribution in [0.3, 0.4) is 0 Å². The molecule has 1 aromatic rings. The summed E-state index contributed by atoms with van der Waals surface area (Å²) in [5.41, 5.74) is 6.38. The van der Waals surface area contributed by atoms with Gasteiger partial charge in [-0.05, 0) is 12.8 Å². The van der Waals surface area contributed by atoms with Crippen molar-refractivity contribution in [3.05, 3.63) is 23.8 Å². The molecule has 130 valence electrons. The normalized spacial score (nSPS) is 10.8. The third-order valence-electron chi connectivity index (χ3n) is 4.27. The van der Waals surface area contributed by atoms with Crippen LogP contribution in [0.4, 0.5) is 0 Å². The summed E-state index contributed by atoms with van der Waals surface area (Å²) in [6.45, 7) is 2.26. The Hall–Kier alpha value is -1.45. The summed E-state index contributed by atoms with van der Waals surface area (Å²) in [4.78, 5) is 19.5. The van der Waals surface area contributed by atoms with Gasteiger partial charge in [0.05, 0.1) is 5.69 Å². The molecule has 0 saturated heterocycles. The molecule has 0 radical (unpaired) electrons. The van der Waals surface area contributed by atoms with Gasteiger partial charge in [-0.25, -0.2) is 4.98 Å². The fourth-order valence-corrected chi connectivity index (χ4v) is 2.89. The average molecular weight is 319 g/mol. The number of aromatic nitrogens is 2. The third-order valence-corrected chi connectivity index (χ3v) is 4.27. The van der Waals surface area contributed by atoms with Crippen LogP contribution in [0, 0.1) is 0 Å². The van der Waals surface area contributed by atoms with E-state index in [2.05, 4.69) is 16.9 Å². The molecule has 4 heteroatoms. The first kappa shape index (κ1) is 19.6. The monoisotopic (exact) mass is 319 g/mol. The highest BCUT2D eigenvalue weighted by molar-refractivity contribution is 5.91. The van der Waals surface area contributed by atoms with Crippen LogP contribution in [0.2, 0.25) is 0 Å². The maximum absolute atomic E-state index is 11.3. The topological polar surface area (TPSA) is 68.9 Å². The lowest BCUT2D eigenvalue weighted by atomic mass is 10.0. The fraction of sp³-hybridized carbons (Fsp3) is 0.737. The standard InChI is InChI=1S/C19H33N3O/c1-2-3-4-5-6-7-8-9-10-11-12-13-14-17-18(19(20)23)22-16-15-21-17/h15-16H,2-14H2,1H3,(H2,20,23). The average Bonchev–Trinajstić information content (AvgIpc) is 2.56. The molecule has 0 spiro atoms. The minimum Gasteiger partial charge on any atom is -0.364 e. The highest BCUT2D eigenvalue weighted by atomic mass is 16.1. The Morgan fingerprint density at radius 1 is 0.826 bits per heavy atom. The van der Waals surface area contributed by atoms with E-state index < -0.39 is 5.91 Å². The number of unbranched alkanes of at least 4 members (excludes halogenated alkanes) is 11. The largest absolute Gasteiger partial charge is 0.364 e. The van der Waals surface area contributed by atoms with Gasteiger partial charge in [-0.2, -0.15) is 0 Å². The zero-order valence-corrected chi connectivity index (χ0v) is 14.7.